The van der Waals surface area contributed by atoms with Crippen molar-refractivity contribution >= 4 is 11.5 Å². The van der Waals surface area contributed by atoms with Crippen LogP contribution in [-0.2, 0) is 11.2 Å². The Labute approximate surface area is 122 Å². The molecule has 0 aliphatic heterocycles. The third-order valence-electron chi connectivity index (χ3n) is 3.08. The first-order chi connectivity index (χ1) is 10.1. The predicted octanol–water partition coefficient (Wildman–Crippen LogP) is 3.09. The largest absolute Gasteiger partial charge is 0.485 e. The van der Waals surface area contributed by atoms with Crippen LogP contribution in [0.15, 0.2) is 48.5 Å². The predicted molar refractivity (Wildman–Crippen MR) is 78.5 cm³/mol. The monoisotopic (exact) mass is 285 g/mol. The molecule has 5 nitrogen and oxygen atoms in total. The summed E-state index contributed by atoms with van der Waals surface area (Å²) < 4.78 is 5.41. The van der Waals surface area contributed by atoms with E-state index >= 15 is 0 Å². The van der Waals surface area contributed by atoms with Gasteiger partial charge in [0.25, 0.3) is 5.69 Å². The van der Waals surface area contributed by atoms with E-state index in [0.717, 1.165) is 5.56 Å². The number of ketones is 1. The van der Waals surface area contributed by atoms with E-state index in [1.54, 1.807) is 19.1 Å². The molecular formula is C16H15NO4. The zero-order valence-corrected chi connectivity index (χ0v) is 11.6. The van der Waals surface area contributed by atoms with E-state index in [-0.39, 0.29) is 24.5 Å². The van der Waals surface area contributed by atoms with Crippen molar-refractivity contribution in [2.45, 2.75) is 13.3 Å². The standard InChI is InChI=1S/C16H15NO4/c1-12-15(17(19)20)8-5-9-16(12)21-11-14(18)10-13-6-3-2-4-7-13/h2-9H,10-11H2,1H3. The lowest BCUT2D eigenvalue weighted by atomic mass is 10.1. The molecule has 0 saturated heterocycles. The second kappa shape index (κ2) is 6.65. The van der Waals surface area contributed by atoms with Crippen molar-refractivity contribution in [1.82, 2.24) is 0 Å². The molecule has 0 aromatic heterocycles. The number of nitro groups is 1. The summed E-state index contributed by atoms with van der Waals surface area (Å²) in [5.74, 6) is 0.290. The molecule has 0 aliphatic rings. The molecule has 108 valence electrons. The van der Waals surface area contributed by atoms with Crippen LogP contribution in [0.1, 0.15) is 11.1 Å². The topological polar surface area (TPSA) is 69.4 Å². The van der Waals surface area contributed by atoms with Crippen molar-refractivity contribution < 1.29 is 14.5 Å². The van der Waals surface area contributed by atoms with Gasteiger partial charge in [0.15, 0.2) is 5.78 Å². The summed E-state index contributed by atoms with van der Waals surface area (Å²) in [7, 11) is 0. The smallest absolute Gasteiger partial charge is 0.276 e. The Morgan fingerprint density at radius 1 is 1.14 bits per heavy atom. The van der Waals surface area contributed by atoms with Crippen LogP contribution >= 0.6 is 0 Å². The Morgan fingerprint density at radius 3 is 2.52 bits per heavy atom. The van der Waals surface area contributed by atoms with Gasteiger partial charge in [0.05, 0.1) is 10.5 Å². The molecule has 2 aromatic carbocycles. The normalized spacial score (nSPS) is 10.1. The van der Waals surface area contributed by atoms with Crippen LogP contribution in [0.3, 0.4) is 0 Å². The number of nitro benzene ring substituents is 1. The summed E-state index contributed by atoms with van der Waals surface area (Å²) in [6, 6.07) is 13.9. The molecule has 2 rings (SSSR count). The highest BCUT2D eigenvalue weighted by molar-refractivity contribution is 5.82. The number of hydrogen-bond donors (Lipinski definition) is 0. The molecule has 0 N–H and O–H groups in total. The number of rotatable bonds is 6. The Hall–Kier alpha value is -2.69. The van der Waals surface area contributed by atoms with Gasteiger partial charge in [0, 0.05) is 12.5 Å². The maximum Gasteiger partial charge on any atom is 0.276 e. The zero-order valence-electron chi connectivity index (χ0n) is 11.6. The van der Waals surface area contributed by atoms with E-state index in [1.807, 2.05) is 30.3 Å². The van der Waals surface area contributed by atoms with Crippen LogP contribution in [0.5, 0.6) is 5.75 Å². The molecular weight excluding hydrogens is 270 g/mol. The van der Waals surface area contributed by atoms with Crippen molar-refractivity contribution in [2.75, 3.05) is 6.61 Å². The third kappa shape index (κ3) is 3.89. The first kappa shape index (κ1) is 14.7. The molecule has 0 spiro atoms. The average molecular weight is 285 g/mol. The fourth-order valence-electron chi connectivity index (χ4n) is 1.99. The highest BCUT2D eigenvalue weighted by Crippen LogP contribution is 2.26. The average Bonchev–Trinajstić information content (AvgIpc) is 2.47. The summed E-state index contributed by atoms with van der Waals surface area (Å²) in [6.07, 6.45) is 0.287. The van der Waals surface area contributed by atoms with Crippen molar-refractivity contribution in [3.05, 3.63) is 69.8 Å². The van der Waals surface area contributed by atoms with E-state index in [9.17, 15) is 14.9 Å². The number of benzene rings is 2. The number of hydrogen-bond acceptors (Lipinski definition) is 4. The van der Waals surface area contributed by atoms with E-state index in [0.29, 0.717) is 11.3 Å². The van der Waals surface area contributed by atoms with Crippen LogP contribution in [-0.4, -0.2) is 17.3 Å². The molecule has 21 heavy (non-hydrogen) atoms. The molecule has 0 radical (unpaired) electrons. The van der Waals surface area contributed by atoms with E-state index in [2.05, 4.69) is 0 Å². The van der Waals surface area contributed by atoms with Gasteiger partial charge in [-0.2, -0.15) is 0 Å². The van der Waals surface area contributed by atoms with Gasteiger partial charge in [-0.1, -0.05) is 36.4 Å². The summed E-state index contributed by atoms with van der Waals surface area (Å²) >= 11 is 0. The van der Waals surface area contributed by atoms with Gasteiger partial charge in [-0.25, -0.2) is 0 Å². The summed E-state index contributed by atoms with van der Waals surface area (Å²) in [6.45, 7) is 1.51. The number of ether oxygens (including phenoxy) is 1. The van der Waals surface area contributed by atoms with Gasteiger partial charge in [-0.15, -0.1) is 0 Å². The highest BCUT2D eigenvalue weighted by Gasteiger charge is 2.15. The van der Waals surface area contributed by atoms with Crippen molar-refractivity contribution in [2.24, 2.45) is 0 Å². The van der Waals surface area contributed by atoms with Gasteiger partial charge >= 0.3 is 0 Å². The van der Waals surface area contributed by atoms with Crippen LogP contribution in [0.4, 0.5) is 5.69 Å². The molecule has 0 saturated carbocycles. The van der Waals surface area contributed by atoms with Crippen LogP contribution in [0.25, 0.3) is 0 Å². The van der Waals surface area contributed by atoms with E-state index in [4.69, 9.17) is 4.74 Å². The number of Topliss-reactive ketones (excluding diaryl/α,β-unsaturated/α-hetero) is 1. The van der Waals surface area contributed by atoms with E-state index in [1.165, 1.54) is 6.07 Å². The lowest BCUT2D eigenvalue weighted by Gasteiger charge is -2.08. The third-order valence-corrected chi connectivity index (χ3v) is 3.08. The van der Waals surface area contributed by atoms with Gasteiger partial charge in [-0.05, 0) is 18.6 Å². The van der Waals surface area contributed by atoms with Gasteiger partial charge < -0.3 is 4.74 Å². The van der Waals surface area contributed by atoms with E-state index < -0.39 is 4.92 Å². The van der Waals surface area contributed by atoms with Crippen molar-refractivity contribution in [3.8, 4) is 5.75 Å². The maximum atomic E-state index is 11.9. The van der Waals surface area contributed by atoms with Gasteiger partial charge in [0.2, 0.25) is 0 Å². The SMILES string of the molecule is Cc1c(OCC(=O)Cc2ccccc2)cccc1[N+](=O)[O-]. The molecule has 0 heterocycles. The zero-order chi connectivity index (χ0) is 15.2. The number of carbonyl (C=O) groups excluding carboxylic acids is 1. The first-order valence-corrected chi connectivity index (χ1v) is 6.50. The van der Waals surface area contributed by atoms with Crippen LogP contribution in [0, 0.1) is 17.0 Å². The summed E-state index contributed by atoms with van der Waals surface area (Å²) in [5.41, 5.74) is 1.33. The fourth-order valence-corrected chi connectivity index (χ4v) is 1.99. The molecule has 0 atom stereocenters. The minimum absolute atomic E-state index is 0.0111. The lowest BCUT2D eigenvalue weighted by molar-refractivity contribution is -0.385. The molecule has 2 aromatic rings. The Balaban J connectivity index is 1.99. The molecule has 0 unspecified atom stereocenters. The van der Waals surface area contributed by atoms with Crippen LogP contribution < -0.4 is 4.74 Å². The first-order valence-electron chi connectivity index (χ1n) is 6.50. The fraction of sp³-hybridized carbons (Fsp3) is 0.188. The Kier molecular flexibility index (Phi) is 4.66. The number of nitrogens with zero attached hydrogens (tertiary/aromatic N) is 1. The molecule has 0 bridgehead atoms. The Morgan fingerprint density at radius 2 is 1.86 bits per heavy atom. The quantitative estimate of drug-likeness (QED) is 0.604. The second-order valence-electron chi connectivity index (χ2n) is 4.65. The molecule has 0 fully saturated rings. The Bertz CT molecular complexity index is 653. The highest BCUT2D eigenvalue weighted by atomic mass is 16.6. The maximum absolute atomic E-state index is 11.9. The van der Waals surface area contributed by atoms with Crippen molar-refractivity contribution in [3.63, 3.8) is 0 Å². The molecule has 5 heteroatoms. The number of carbonyl (C=O) groups is 1. The van der Waals surface area contributed by atoms with Gasteiger partial charge in [0.1, 0.15) is 12.4 Å². The lowest BCUT2D eigenvalue weighted by Crippen LogP contribution is -2.14. The molecule has 0 amide bonds. The van der Waals surface area contributed by atoms with Crippen LogP contribution in [0.2, 0.25) is 0 Å². The van der Waals surface area contributed by atoms with Crippen molar-refractivity contribution in [1.29, 1.82) is 0 Å². The summed E-state index contributed by atoms with van der Waals surface area (Å²) in [4.78, 5) is 22.2. The van der Waals surface area contributed by atoms with Gasteiger partial charge in [-0.3, -0.25) is 14.9 Å². The summed E-state index contributed by atoms with van der Waals surface area (Å²) in [5, 5.41) is 10.8. The molecule has 0 aliphatic carbocycles. The minimum Gasteiger partial charge on any atom is -0.485 e. The minimum atomic E-state index is -0.464. The second-order valence-corrected chi connectivity index (χ2v) is 4.65.